The lowest BCUT2D eigenvalue weighted by molar-refractivity contribution is -0.0754. The summed E-state index contributed by atoms with van der Waals surface area (Å²) in [5, 5.41) is 9.32. The molecular weight excluding hydrogens is 130 g/mol. The third-order valence-corrected chi connectivity index (χ3v) is 1.86. The Morgan fingerprint density at radius 1 is 1.60 bits per heavy atom. The van der Waals surface area contributed by atoms with Crippen LogP contribution < -0.4 is 5.73 Å². The first-order valence-electron chi connectivity index (χ1n) is 3.84. The number of ether oxygens (including phenoxy) is 1. The third kappa shape index (κ3) is 1.94. The van der Waals surface area contributed by atoms with Crippen LogP contribution in [0.3, 0.4) is 0 Å². The van der Waals surface area contributed by atoms with E-state index in [0.29, 0.717) is 6.54 Å². The van der Waals surface area contributed by atoms with Crippen molar-refractivity contribution in [1.29, 1.82) is 0 Å². The topological polar surface area (TPSA) is 55.5 Å². The minimum atomic E-state index is -0.280. The predicted molar refractivity (Wildman–Crippen MR) is 38.7 cm³/mol. The predicted octanol–water partition coefficient (Wildman–Crippen LogP) is -0.125. The third-order valence-electron chi connectivity index (χ3n) is 1.86. The first kappa shape index (κ1) is 7.98. The van der Waals surface area contributed by atoms with Crippen molar-refractivity contribution in [1.82, 2.24) is 0 Å². The normalized spacial score (nSPS) is 34.2. The lowest BCUT2D eigenvalue weighted by atomic mass is 10.0. The Morgan fingerprint density at radius 3 is 3.00 bits per heavy atom. The van der Waals surface area contributed by atoms with Gasteiger partial charge in [-0.15, -0.1) is 0 Å². The van der Waals surface area contributed by atoms with Gasteiger partial charge in [-0.1, -0.05) is 0 Å². The van der Waals surface area contributed by atoms with Crippen LogP contribution in [0.15, 0.2) is 0 Å². The molecule has 60 valence electrons. The fraction of sp³-hybridized carbons (Fsp3) is 1.00. The Bertz CT molecular complexity index is 95.6. The summed E-state index contributed by atoms with van der Waals surface area (Å²) in [6, 6.07) is 0. The maximum atomic E-state index is 9.32. The first-order valence-corrected chi connectivity index (χ1v) is 3.84. The maximum absolute atomic E-state index is 9.32. The Balaban J connectivity index is 2.25. The summed E-state index contributed by atoms with van der Waals surface area (Å²) in [5.74, 6) is 0. The van der Waals surface area contributed by atoms with Crippen molar-refractivity contribution < 1.29 is 9.84 Å². The van der Waals surface area contributed by atoms with Crippen LogP contribution in [-0.2, 0) is 4.74 Å². The van der Waals surface area contributed by atoms with E-state index in [9.17, 15) is 5.11 Å². The zero-order valence-corrected chi connectivity index (χ0v) is 6.12. The van der Waals surface area contributed by atoms with E-state index in [1.54, 1.807) is 0 Å². The molecule has 0 saturated carbocycles. The van der Waals surface area contributed by atoms with Crippen LogP contribution in [0.25, 0.3) is 0 Å². The van der Waals surface area contributed by atoms with Crippen molar-refractivity contribution in [3.8, 4) is 0 Å². The molecule has 3 heteroatoms. The van der Waals surface area contributed by atoms with Gasteiger partial charge in [0.25, 0.3) is 0 Å². The molecule has 0 spiro atoms. The molecule has 0 aliphatic carbocycles. The SMILES string of the molecule is NCCC1OCCCC1O. The highest BCUT2D eigenvalue weighted by molar-refractivity contribution is 4.73. The van der Waals surface area contributed by atoms with E-state index in [4.69, 9.17) is 10.5 Å². The van der Waals surface area contributed by atoms with E-state index in [2.05, 4.69) is 0 Å². The maximum Gasteiger partial charge on any atom is 0.0845 e. The lowest BCUT2D eigenvalue weighted by Crippen LogP contribution is -2.35. The van der Waals surface area contributed by atoms with Crippen LogP contribution in [0.2, 0.25) is 0 Å². The molecule has 0 bridgehead atoms. The van der Waals surface area contributed by atoms with Gasteiger partial charge in [-0.2, -0.15) is 0 Å². The molecule has 1 aliphatic heterocycles. The minimum Gasteiger partial charge on any atom is -0.390 e. The van der Waals surface area contributed by atoms with Crippen molar-refractivity contribution in [2.45, 2.75) is 31.5 Å². The Labute approximate surface area is 61.2 Å². The molecule has 1 saturated heterocycles. The molecule has 1 fully saturated rings. The zero-order chi connectivity index (χ0) is 7.40. The van der Waals surface area contributed by atoms with Gasteiger partial charge in [-0.05, 0) is 25.8 Å². The number of aliphatic hydroxyl groups is 1. The fourth-order valence-electron chi connectivity index (χ4n) is 1.26. The molecule has 10 heavy (non-hydrogen) atoms. The van der Waals surface area contributed by atoms with Crippen molar-refractivity contribution in [3.05, 3.63) is 0 Å². The number of rotatable bonds is 2. The average molecular weight is 145 g/mol. The lowest BCUT2D eigenvalue weighted by Gasteiger charge is -2.27. The minimum absolute atomic E-state index is 0.00116. The average Bonchev–Trinajstić information content (AvgIpc) is 1.94. The Kier molecular flexibility index (Phi) is 3.12. The van der Waals surface area contributed by atoms with Crippen LogP contribution in [0, 0.1) is 0 Å². The molecule has 0 aromatic rings. The molecule has 0 aromatic heterocycles. The number of nitrogens with two attached hydrogens (primary N) is 1. The fourth-order valence-corrected chi connectivity index (χ4v) is 1.26. The van der Waals surface area contributed by atoms with Crippen molar-refractivity contribution >= 4 is 0 Å². The number of hydrogen-bond donors (Lipinski definition) is 2. The summed E-state index contributed by atoms with van der Waals surface area (Å²) in [4.78, 5) is 0. The summed E-state index contributed by atoms with van der Waals surface area (Å²) < 4.78 is 5.30. The summed E-state index contributed by atoms with van der Waals surface area (Å²) in [7, 11) is 0. The van der Waals surface area contributed by atoms with Crippen LogP contribution >= 0.6 is 0 Å². The second-order valence-electron chi connectivity index (χ2n) is 2.70. The summed E-state index contributed by atoms with van der Waals surface area (Å²) >= 11 is 0. The second-order valence-corrected chi connectivity index (χ2v) is 2.70. The highest BCUT2D eigenvalue weighted by atomic mass is 16.5. The highest BCUT2D eigenvalue weighted by Crippen LogP contribution is 2.15. The molecule has 1 rings (SSSR count). The molecule has 0 amide bonds. The van der Waals surface area contributed by atoms with Gasteiger partial charge < -0.3 is 15.6 Å². The van der Waals surface area contributed by atoms with Crippen molar-refractivity contribution in [2.24, 2.45) is 5.73 Å². The number of hydrogen-bond acceptors (Lipinski definition) is 3. The van der Waals surface area contributed by atoms with Crippen molar-refractivity contribution in [2.75, 3.05) is 13.2 Å². The van der Waals surface area contributed by atoms with Crippen molar-refractivity contribution in [3.63, 3.8) is 0 Å². The van der Waals surface area contributed by atoms with E-state index in [1.807, 2.05) is 0 Å². The van der Waals surface area contributed by atoms with Crippen LogP contribution in [-0.4, -0.2) is 30.5 Å². The summed E-state index contributed by atoms with van der Waals surface area (Å²) in [5.41, 5.74) is 5.33. The Morgan fingerprint density at radius 2 is 2.40 bits per heavy atom. The van der Waals surface area contributed by atoms with Crippen LogP contribution in [0.4, 0.5) is 0 Å². The quantitative estimate of drug-likeness (QED) is 0.569. The molecule has 0 aromatic carbocycles. The first-order chi connectivity index (χ1) is 4.84. The van der Waals surface area contributed by atoms with Gasteiger partial charge in [-0.3, -0.25) is 0 Å². The standard InChI is InChI=1S/C7H15NO2/c8-4-3-7-6(9)2-1-5-10-7/h6-7,9H,1-5,8H2. The largest absolute Gasteiger partial charge is 0.390 e. The smallest absolute Gasteiger partial charge is 0.0845 e. The number of aliphatic hydroxyl groups excluding tert-OH is 1. The van der Waals surface area contributed by atoms with E-state index in [-0.39, 0.29) is 12.2 Å². The van der Waals surface area contributed by atoms with Crippen LogP contribution in [0.1, 0.15) is 19.3 Å². The zero-order valence-electron chi connectivity index (χ0n) is 6.12. The van der Waals surface area contributed by atoms with Crippen LogP contribution in [0.5, 0.6) is 0 Å². The molecule has 3 nitrogen and oxygen atoms in total. The van der Waals surface area contributed by atoms with Gasteiger partial charge in [0.1, 0.15) is 0 Å². The van der Waals surface area contributed by atoms with Gasteiger partial charge in [0.2, 0.25) is 0 Å². The molecule has 1 heterocycles. The molecular formula is C7H15NO2. The van der Waals surface area contributed by atoms with E-state index in [0.717, 1.165) is 25.9 Å². The van der Waals surface area contributed by atoms with Gasteiger partial charge in [0.15, 0.2) is 0 Å². The summed E-state index contributed by atoms with van der Waals surface area (Å²) in [6.07, 6.45) is 2.34. The van der Waals surface area contributed by atoms with Gasteiger partial charge in [-0.25, -0.2) is 0 Å². The second kappa shape index (κ2) is 3.91. The monoisotopic (exact) mass is 145 g/mol. The molecule has 1 aliphatic rings. The van der Waals surface area contributed by atoms with Gasteiger partial charge in [0, 0.05) is 6.61 Å². The highest BCUT2D eigenvalue weighted by Gasteiger charge is 2.22. The molecule has 0 radical (unpaired) electrons. The van der Waals surface area contributed by atoms with Gasteiger partial charge >= 0.3 is 0 Å². The van der Waals surface area contributed by atoms with Gasteiger partial charge in [0.05, 0.1) is 12.2 Å². The van der Waals surface area contributed by atoms with E-state index < -0.39 is 0 Å². The molecule has 3 N–H and O–H groups in total. The Hall–Kier alpha value is -0.120. The van der Waals surface area contributed by atoms with E-state index >= 15 is 0 Å². The molecule has 2 atom stereocenters. The van der Waals surface area contributed by atoms with E-state index in [1.165, 1.54) is 0 Å². The summed E-state index contributed by atoms with van der Waals surface area (Å²) in [6.45, 7) is 1.38. The molecule has 2 unspecified atom stereocenters.